The highest BCUT2D eigenvalue weighted by Gasteiger charge is 2.16. The first-order valence-corrected chi connectivity index (χ1v) is 9.66. The van der Waals surface area contributed by atoms with E-state index in [-0.39, 0.29) is 35.4 Å². The lowest BCUT2D eigenvalue weighted by Gasteiger charge is -2.04. The number of sulfone groups is 1. The number of anilines is 1. The first kappa shape index (κ1) is 17.8. The molecule has 0 atom stereocenters. The van der Waals surface area contributed by atoms with Crippen LogP contribution in [-0.4, -0.2) is 30.3 Å². The average Bonchev–Trinajstić information content (AvgIpc) is 3.11. The maximum Gasteiger partial charge on any atom is 0.322 e. The Labute approximate surface area is 151 Å². The Balaban J connectivity index is 1.51. The Morgan fingerprint density at radius 3 is 2.31 bits per heavy atom. The van der Waals surface area contributed by atoms with Gasteiger partial charge in [-0.25, -0.2) is 8.42 Å². The molecule has 0 aliphatic heterocycles. The van der Waals surface area contributed by atoms with Gasteiger partial charge < -0.3 is 4.42 Å². The lowest BCUT2D eigenvalue weighted by Crippen LogP contribution is -2.14. The van der Waals surface area contributed by atoms with Gasteiger partial charge in [-0.15, -0.1) is 5.10 Å². The van der Waals surface area contributed by atoms with Crippen molar-refractivity contribution < 1.29 is 17.6 Å². The largest absolute Gasteiger partial charge is 0.403 e. The molecule has 3 aromatic rings. The number of hydrogen-bond acceptors (Lipinski definition) is 6. The molecular formula is C18H17N3O4S. The predicted molar refractivity (Wildman–Crippen MR) is 96.1 cm³/mol. The molecule has 0 spiro atoms. The molecule has 0 saturated carbocycles. The first-order valence-electron chi connectivity index (χ1n) is 8.01. The zero-order chi connectivity index (χ0) is 18.4. The van der Waals surface area contributed by atoms with Crippen LogP contribution in [0.4, 0.5) is 6.01 Å². The van der Waals surface area contributed by atoms with Crippen molar-refractivity contribution in [3.8, 4) is 11.5 Å². The summed E-state index contributed by atoms with van der Waals surface area (Å²) in [5.41, 5.74) is 0.745. The molecule has 7 nitrogen and oxygen atoms in total. The van der Waals surface area contributed by atoms with Gasteiger partial charge in [-0.3, -0.25) is 10.1 Å². The average molecular weight is 371 g/mol. The van der Waals surface area contributed by atoms with Gasteiger partial charge in [0, 0.05) is 12.0 Å². The molecule has 0 aliphatic rings. The van der Waals surface area contributed by atoms with E-state index in [4.69, 9.17) is 4.42 Å². The Morgan fingerprint density at radius 2 is 1.62 bits per heavy atom. The maximum absolute atomic E-state index is 12.2. The van der Waals surface area contributed by atoms with E-state index in [2.05, 4.69) is 15.5 Å². The van der Waals surface area contributed by atoms with Gasteiger partial charge in [0.25, 0.3) is 0 Å². The van der Waals surface area contributed by atoms with E-state index in [1.807, 2.05) is 30.3 Å². The molecule has 0 bridgehead atoms. The number of carbonyl (C=O) groups excluding carboxylic acids is 1. The maximum atomic E-state index is 12.2. The molecule has 0 aliphatic carbocycles. The lowest BCUT2D eigenvalue weighted by atomic mass is 10.2. The molecule has 1 aromatic heterocycles. The second kappa shape index (κ2) is 7.92. The molecule has 134 valence electrons. The minimum Gasteiger partial charge on any atom is -0.403 e. The van der Waals surface area contributed by atoms with E-state index < -0.39 is 9.84 Å². The standard InChI is InChI=1S/C18H17N3O4S/c22-16(12-7-13-26(23,24)15-10-5-2-6-11-15)19-18-21-20-17(25-18)14-8-3-1-4-9-14/h1-6,8-11H,7,12-13H2,(H,19,21,22). The van der Waals surface area contributed by atoms with Crippen LogP contribution in [0, 0.1) is 0 Å². The van der Waals surface area contributed by atoms with Gasteiger partial charge in [0.15, 0.2) is 9.84 Å². The van der Waals surface area contributed by atoms with Crippen molar-refractivity contribution in [3.05, 3.63) is 60.7 Å². The molecule has 8 heteroatoms. The minimum absolute atomic E-state index is 0.0141. The first-order chi connectivity index (χ1) is 12.5. The number of hydrogen-bond donors (Lipinski definition) is 1. The number of benzene rings is 2. The quantitative estimate of drug-likeness (QED) is 0.685. The summed E-state index contributed by atoms with van der Waals surface area (Å²) >= 11 is 0. The highest BCUT2D eigenvalue weighted by Crippen LogP contribution is 2.19. The monoisotopic (exact) mass is 371 g/mol. The number of aromatic nitrogens is 2. The topological polar surface area (TPSA) is 102 Å². The van der Waals surface area contributed by atoms with Gasteiger partial charge in [0.05, 0.1) is 10.6 Å². The van der Waals surface area contributed by atoms with Crippen molar-refractivity contribution in [2.24, 2.45) is 0 Å². The van der Waals surface area contributed by atoms with Crippen LogP contribution in [0.5, 0.6) is 0 Å². The fourth-order valence-electron chi connectivity index (χ4n) is 2.32. The predicted octanol–water partition coefficient (Wildman–Crippen LogP) is 2.93. The van der Waals surface area contributed by atoms with E-state index in [0.29, 0.717) is 5.89 Å². The molecular weight excluding hydrogens is 354 g/mol. The Kier molecular flexibility index (Phi) is 5.43. The molecule has 1 heterocycles. The van der Waals surface area contributed by atoms with Crippen molar-refractivity contribution >= 4 is 21.8 Å². The zero-order valence-electron chi connectivity index (χ0n) is 13.8. The second-order valence-electron chi connectivity index (χ2n) is 5.56. The third kappa shape index (κ3) is 4.54. The number of carbonyl (C=O) groups is 1. The van der Waals surface area contributed by atoms with Crippen molar-refractivity contribution in [2.75, 3.05) is 11.1 Å². The van der Waals surface area contributed by atoms with Crippen molar-refractivity contribution in [2.45, 2.75) is 17.7 Å². The molecule has 0 saturated heterocycles. The van der Waals surface area contributed by atoms with Crippen LogP contribution in [0.25, 0.3) is 11.5 Å². The third-order valence-corrected chi connectivity index (χ3v) is 5.43. The number of nitrogens with zero attached hydrogens (tertiary/aromatic N) is 2. The summed E-state index contributed by atoms with van der Waals surface area (Å²) in [6.07, 6.45) is 0.234. The van der Waals surface area contributed by atoms with Crippen molar-refractivity contribution in [1.82, 2.24) is 10.2 Å². The fourth-order valence-corrected chi connectivity index (χ4v) is 3.65. The van der Waals surface area contributed by atoms with E-state index in [0.717, 1.165) is 5.56 Å². The fraction of sp³-hybridized carbons (Fsp3) is 0.167. The molecule has 26 heavy (non-hydrogen) atoms. The summed E-state index contributed by atoms with van der Waals surface area (Å²) in [5, 5.41) is 10.1. The summed E-state index contributed by atoms with van der Waals surface area (Å²) in [6.45, 7) is 0. The van der Waals surface area contributed by atoms with E-state index in [9.17, 15) is 13.2 Å². The second-order valence-corrected chi connectivity index (χ2v) is 7.67. The highest BCUT2D eigenvalue weighted by atomic mass is 32.2. The number of rotatable bonds is 7. The Hall–Kier alpha value is -3.00. The minimum atomic E-state index is -3.39. The van der Waals surface area contributed by atoms with Crippen molar-refractivity contribution in [3.63, 3.8) is 0 Å². The molecule has 3 rings (SSSR count). The molecule has 1 amide bonds. The van der Waals surface area contributed by atoms with Gasteiger partial charge in [0.1, 0.15) is 0 Å². The lowest BCUT2D eigenvalue weighted by molar-refractivity contribution is -0.116. The summed E-state index contributed by atoms with van der Waals surface area (Å²) < 4.78 is 29.7. The molecule has 0 radical (unpaired) electrons. The third-order valence-electron chi connectivity index (χ3n) is 3.61. The van der Waals surface area contributed by atoms with Crippen LogP contribution in [0.1, 0.15) is 12.8 Å². The number of nitrogens with one attached hydrogen (secondary N) is 1. The van der Waals surface area contributed by atoms with Crippen LogP contribution in [0.15, 0.2) is 70.0 Å². The highest BCUT2D eigenvalue weighted by molar-refractivity contribution is 7.91. The van der Waals surface area contributed by atoms with Gasteiger partial charge >= 0.3 is 6.01 Å². The van der Waals surface area contributed by atoms with E-state index >= 15 is 0 Å². The zero-order valence-corrected chi connectivity index (χ0v) is 14.6. The Morgan fingerprint density at radius 1 is 0.962 bits per heavy atom. The summed E-state index contributed by atoms with van der Waals surface area (Å²) in [6, 6.07) is 17.3. The molecule has 1 N–H and O–H groups in total. The molecule has 0 unspecified atom stereocenters. The van der Waals surface area contributed by atoms with Crippen molar-refractivity contribution in [1.29, 1.82) is 0 Å². The van der Waals surface area contributed by atoms with Gasteiger partial charge in [0.2, 0.25) is 11.8 Å². The van der Waals surface area contributed by atoms with Crippen LogP contribution >= 0.6 is 0 Å². The Bertz CT molecular complexity index is 970. The number of amides is 1. The smallest absolute Gasteiger partial charge is 0.322 e. The van der Waals surface area contributed by atoms with Gasteiger partial charge in [-0.1, -0.05) is 41.5 Å². The summed E-state index contributed by atoms with van der Waals surface area (Å²) in [4.78, 5) is 12.2. The molecule has 0 fully saturated rings. The normalized spacial score (nSPS) is 11.2. The molecule has 2 aromatic carbocycles. The summed E-state index contributed by atoms with van der Waals surface area (Å²) in [5.74, 6) is -0.187. The van der Waals surface area contributed by atoms with E-state index in [1.54, 1.807) is 30.3 Å². The van der Waals surface area contributed by atoms with E-state index in [1.165, 1.54) is 0 Å². The van der Waals surface area contributed by atoms with Gasteiger partial charge in [-0.2, -0.15) is 0 Å². The van der Waals surface area contributed by atoms with Crippen LogP contribution < -0.4 is 5.32 Å². The van der Waals surface area contributed by atoms with Crippen LogP contribution in [-0.2, 0) is 14.6 Å². The van der Waals surface area contributed by atoms with Gasteiger partial charge in [-0.05, 0) is 30.7 Å². The van der Waals surface area contributed by atoms with Crippen LogP contribution in [0.3, 0.4) is 0 Å². The van der Waals surface area contributed by atoms with Crippen LogP contribution in [0.2, 0.25) is 0 Å². The SMILES string of the molecule is O=C(CCCS(=O)(=O)c1ccccc1)Nc1nnc(-c2ccccc2)o1. The summed E-state index contributed by atoms with van der Waals surface area (Å²) in [7, 11) is -3.39.